The standard InChI is InChI=1S/C19H20N4O3S/c1-4-22-18(15-7-5-6-8-17(15)26-3)20-21-19(22)27-12-14-11-13(2)9-10-16(14)23(24)25/h5-11H,4,12H2,1-3H3. The van der Waals surface area contributed by atoms with Gasteiger partial charge in [0.1, 0.15) is 5.75 Å². The molecule has 0 amide bonds. The van der Waals surface area contributed by atoms with Crippen molar-refractivity contribution >= 4 is 17.4 Å². The number of aromatic nitrogens is 3. The van der Waals surface area contributed by atoms with E-state index in [1.807, 2.05) is 48.7 Å². The van der Waals surface area contributed by atoms with Crippen molar-refractivity contribution in [1.82, 2.24) is 14.8 Å². The monoisotopic (exact) mass is 384 g/mol. The number of methoxy groups -OCH3 is 1. The van der Waals surface area contributed by atoms with E-state index in [0.29, 0.717) is 23.0 Å². The number of nitro groups is 1. The van der Waals surface area contributed by atoms with Gasteiger partial charge in [-0.2, -0.15) is 0 Å². The summed E-state index contributed by atoms with van der Waals surface area (Å²) in [5, 5.41) is 20.6. The highest BCUT2D eigenvalue weighted by molar-refractivity contribution is 7.98. The van der Waals surface area contributed by atoms with E-state index >= 15 is 0 Å². The van der Waals surface area contributed by atoms with E-state index < -0.39 is 0 Å². The average molecular weight is 384 g/mol. The molecule has 2 aromatic carbocycles. The number of nitrogens with zero attached hydrogens (tertiary/aromatic N) is 4. The Morgan fingerprint density at radius 3 is 2.70 bits per heavy atom. The van der Waals surface area contributed by atoms with Gasteiger partial charge in [-0.15, -0.1) is 10.2 Å². The zero-order valence-corrected chi connectivity index (χ0v) is 16.2. The summed E-state index contributed by atoms with van der Waals surface area (Å²) in [6.07, 6.45) is 0. The molecule has 8 heteroatoms. The van der Waals surface area contributed by atoms with E-state index in [1.54, 1.807) is 19.2 Å². The fraction of sp³-hybridized carbons (Fsp3) is 0.263. The molecule has 0 spiro atoms. The highest BCUT2D eigenvalue weighted by Gasteiger charge is 2.19. The van der Waals surface area contributed by atoms with Crippen LogP contribution in [-0.4, -0.2) is 26.8 Å². The van der Waals surface area contributed by atoms with Crippen LogP contribution in [-0.2, 0) is 12.3 Å². The fourth-order valence-corrected chi connectivity index (χ4v) is 3.85. The molecule has 0 saturated heterocycles. The number of hydrogen-bond acceptors (Lipinski definition) is 6. The zero-order valence-electron chi connectivity index (χ0n) is 15.4. The van der Waals surface area contributed by atoms with Gasteiger partial charge in [0.2, 0.25) is 0 Å². The third kappa shape index (κ3) is 3.95. The third-order valence-electron chi connectivity index (χ3n) is 4.17. The summed E-state index contributed by atoms with van der Waals surface area (Å²) in [5.74, 6) is 1.89. The topological polar surface area (TPSA) is 83.1 Å². The van der Waals surface area contributed by atoms with Gasteiger partial charge in [-0.25, -0.2) is 0 Å². The van der Waals surface area contributed by atoms with Gasteiger partial charge in [0, 0.05) is 23.9 Å². The number of para-hydroxylation sites is 1. The second-order valence-corrected chi connectivity index (χ2v) is 6.87. The third-order valence-corrected chi connectivity index (χ3v) is 5.18. The van der Waals surface area contributed by atoms with Crippen molar-refractivity contribution in [2.24, 2.45) is 0 Å². The second kappa shape index (κ2) is 8.22. The summed E-state index contributed by atoms with van der Waals surface area (Å²) in [6, 6.07) is 12.8. The lowest BCUT2D eigenvalue weighted by Crippen LogP contribution is -2.01. The number of rotatable bonds is 7. The van der Waals surface area contributed by atoms with Crippen LogP contribution in [0.25, 0.3) is 11.4 Å². The van der Waals surface area contributed by atoms with E-state index in [-0.39, 0.29) is 10.6 Å². The summed E-state index contributed by atoms with van der Waals surface area (Å²) < 4.78 is 7.42. The van der Waals surface area contributed by atoms with Crippen molar-refractivity contribution in [1.29, 1.82) is 0 Å². The molecule has 0 bridgehead atoms. The number of nitro benzene ring substituents is 1. The minimum Gasteiger partial charge on any atom is -0.496 e. The molecule has 7 nitrogen and oxygen atoms in total. The van der Waals surface area contributed by atoms with Crippen molar-refractivity contribution in [2.75, 3.05) is 7.11 Å². The molecule has 1 aromatic heterocycles. The molecule has 0 fully saturated rings. The summed E-state index contributed by atoms with van der Waals surface area (Å²) in [4.78, 5) is 10.9. The van der Waals surface area contributed by atoms with Crippen LogP contribution in [0, 0.1) is 17.0 Å². The van der Waals surface area contributed by atoms with Crippen LogP contribution in [0.2, 0.25) is 0 Å². The lowest BCUT2D eigenvalue weighted by molar-refractivity contribution is -0.385. The first-order chi connectivity index (χ1) is 13.0. The van der Waals surface area contributed by atoms with E-state index in [1.165, 1.54) is 11.8 Å². The van der Waals surface area contributed by atoms with Crippen molar-refractivity contribution in [3.05, 3.63) is 63.7 Å². The van der Waals surface area contributed by atoms with Gasteiger partial charge in [0.05, 0.1) is 17.6 Å². The van der Waals surface area contributed by atoms with Crippen LogP contribution in [0.5, 0.6) is 5.75 Å². The van der Waals surface area contributed by atoms with E-state index in [9.17, 15) is 10.1 Å². The molecule has 0 aliphatic carbocycles. The zero-order chi connectivity index (χ0) is 19.4. The van der Waals surface area contributed by atoms with Gasteiger partial charge in [-0.1, -0.05) is 35.5 Å². The minimum absolute atomic E-state index is 0.126. The fourth-order valence-electron chi connectivity index (χ4n) is 2.86. The van der Waals surface area contributed by atoms with Gasteiger partial charge in [-0.05, 0) is 32.0 Å². The number of aryl methyl sites for hydroxylation is 1. The molecule has 0 atom stereocenters. The molecule has 0 N–H and O–H groups in total. The first kappa shape index (κ1) is 18.9. The summed E-state index contributed by atoms with van der Waals surface area (Å²) >= 11 is 1.44. The molecule has 140 valence electrons. The molecule has 0 radical (unpaired) electrons. The van der Waals surface area contributed by atoms with Crippen LogP contribution >= 0.6 is 11.8 Å². The Kier molecular flexibility index (Phi) is 5.75. The normalized spacial score (nSPS) is 10.8. The van der Waals surface area contributed by atoms with Gasteiger partial charge < -0.3 is 9.30 Å². The van der Waals surface area contributed by atoms with Crippen LogP contribution < -0.4 is 4.74 Å². The molecule has 0 saturated carbocycles. The molecule has 27 heavy (non-hydrogen) atoms. The van der Waals surface area contributed by atoms with Crippen molar-refractivity contribution in [2.45, 2.75) is 31.3 Å². The maximum Gasteiger partial charge on any atom is 0.273 e. The largest absolute Gasteiger partial charge is 0.496 e. The molecule has 0 unspecified atom stereocenters. The van der Waals surface area contributed by atoms with Gasteiger partial charge >= 0.3 is 0 Å². The van der Waals surface area contributed by atoms with Crippen LogP contribution in [0.3, 0.4) is 0 Å². The van der Waals surface area contributed by atoms with Gasteiger partial charge in [-0.3, -0.25) is 10.1 Å². The van der Waals surface area contributed by atoms with E-state index in [4.69, 9.17) is 4.74 Å². The number of ether oxygens (including phenoxy) is 1. The highest BCUT2D eigenvalue weighted by Crippen LogP contribution is 2.33. The van der Waals surface area contributed by atoms with Crippen molar-refractivity contribution in [3.63, 3.8) is 0 Å². The summed E-state index contributed by atoms with van der Waals surface area (Å²) in [6.45, 7) is 4.62. The molecule has 3 rings (SSSR count). The molecule has 3 aromatic rings. The van der Waals surface area contributed by atoms with Crippen LogP contribution in [0.1, 0.15) is 18.1 Å². The van der Waals surface area contributed by atoms with Crippen LogP contribution in [0.4, 0.5) is 5.69 Å². The van der Waals surface area contributed by atoms with Crippen LogP contribution in [0.15, 0.2) is 47.6 Å². The Morgan fingerprint density at radius 2 is 2.00 bits per heavy atom. The Labute approximate surface area is 161 Å². The van der Waals surface area contributed by atoms with E-state index in [2.05, 4.69) is 10.2 Å². The Bertz CT molecular complexity index is 971. The number of benzene rings is 2. The van der Waals surface area contributed by atoms with Crippen molar-refractivity contribution in [3.8, 4) is 17.1 Å². The van der Waals surface area contributed by atoms with Gasteiger partial charge in [0.25, 0.3) is 5.69 Å². The van der Waals surface area contributed by atoms with E-state index in [0.717, 1.165) is 22.7 Å². The molecular weight excluding hydrogens is 364 g/mol. The summed E-state index contributed by atoms with van der Waals surface area (Å²) in [5.41, 5.74) is 2.65. The molecule has 0 aliphatic rings. The first-order valence-corrected chi connectivity index (χ1v) is 9.47. The minimum atomic E-state index is -0.347. The molecule has 0 aliphatic heterocycles. The Hall–Kier alpha value is -2.87. The predicted molar refractivity (Wildman–Crippen MR) is 105 cm³/mol. The molecule has 1 heterocycles. The predicted octanol–water partition coefficient (Wildman–Crippen LogP) is 4.48. The Morgan fingerprint density at radius 1 is 1.22 bits per heavy atom. The second-order valence-electron chi connectivity index (χ2n) is 5.93. The smallest absolute Gasteiger partial charge is 0.273 e. The average Bonchev–Trinajstić information content (AvgIpc) is 3.08. The lowest BCUT2D eigenvalue weighted by Gasteiger charge is -2.10. The SMILES string of the molecule is CCn1c(SCc2cc(C)ccc2[N+](=O)[O-])nnc1-c1ccccc1OC. The summed E-state index contributed by atoms with van der Waals surface area (Å²) in [7, 11) is 1.62. The lowest BCUT2D eigenvalue weighted by atomic mass is 10.1. The Balaban J connectivity index is 1.91. The maximum absolute atomic E-state index is 11.3. The number of thioether (sulfide) groups is 1. The molecular formula is C19H20N4O3S. The van der Waals surface area contributed by atoms with Gasteiger partial charge in [0.15, 0.2) is 11.0 Å². The quantitative estimate of drug-likeness (QED) is 0.339. The maximum atomic E-state index is 11.3. The first-order valence-electron chi connectivity index (χ1n) is 8.48. The van der Waals surface area contributed by atoms with Crippen molar-refractivity contribution < 1.29 is 9.66 Å². The number of hydrogen-bond donors (Lipinski definition) is 0. The highest BCUT2D eigenvalue weighted by atomic mass is 32.2.